The second-order valence-corrected chi connectivity index (χ2v) is 5.57. The molecule has 1 aliphatic heterocycles. The lowest BCUT2D eigenvalue weighted by atomic mass is 10.2. The molecule has 0 aromatic carbocycles. The van der Waals surface area contributed by atoms with E-state index in [4.69, 9.17) is 10.5 Å². The molecule has 4 atom stereocenters. The predicted molar refractivity (Wildman–Crippen MR) is 65.4 cm³/mol. The van der Waals surface area contributed by atoms with E-state index in [2.05, 4.69) is 14.0 Å². The molecule has 1 fully saturated rings. The summed E-state index contributed by atoms with van der Waals surface area (Å²) in [6.07, 6.45) is -2.13. The molecule has 10 nitrogen and oxygen atoms in total. The number of nitrogen functional groups attached to an aromatic ring is 1. The Morgan fingerprint density at radius 2 is 2.35 bits per heavy atom. The Hall–Kier alpha value is -1.29. The van der Waals surface area contributed by atoms with Crippen LogP contribution in [0.15, 0.2) is 17.1 Å². The molecule has 4 N–H and O–H groups in total. The van der Waals surface area contributed by atoms with Crippen LogP contribution >= 0.6 is 7.82 Å². The maximum absolute atomic E-state index is 11.6. The van der Waals surface area contributed by atoms with Gasteiger partial charge in [-0.1, -0.05) is 0 Å². The molecule has 0 spiro atoms. The van der Waals surface area contributed by atoms with Crippen molar-refractivity contribution in [2.75, 3.05) is 12.8 Å². The van der Waals surface area contributed by atoms with Crippen molar-refractivity contribution in [3.8, 4) is 0 Å². The zero-order valence-electron chi connectivity index (χ0n) is 10.4. The Balaban J connectivity index is 2.14. The third kappa shape index (κ3) is 3.23. The fraction of sp³-hybridized carbons (Fsp3) is 0.556. The summed E-state index contributed by atoms with van der Waals surface area (Å²) in [4.78, 5) is 24.3. The van der Waals surface area contributed by atoms with Gasteiger partial charge >= 0.3 is 13.5 Å². The number of phosphoric acid groups is 1. The Morgan fingerprint density at radius 1 is 1.65 bits per heavy atom. The quantitative estimate of drug-likeness (QED) is 0.608. The van der Waals surface area contributed by atoms with Gasteiger partial charge < -0.3 is 20.5 Å². The number of hydrogen-bond donors (Lipinski definition) is 3. The van der Waals surface area contributed by atoms with Crippen molar-refractivity contribution >= 4 is 13.6 Å². The maximum atomic E-state index is 11.6. The van der Waals surface area contributed by atoms with Gasteiger partial charge in [0.1, 0.15) is 18.1 Å². The molecule has 2 rings (SSSR count). The first-order chi connectivity index (χ1) is 9.32. The van der Waals surface area contributed by atoms with E-state index in [0.29, 0.717) is 0 Å². The van der Waals surface area contributed by atoms with Crippen LogP contribution in [0.2, 0.25) is 0 Å². The van der Waals surface area contributed by atoms with Crippen LogP contribution in [0.5, 0.6) is 0 Å². The van der Waals surface area contributed by atoms with E-state index >= 15 is 0 Å². The molecule has 0 radical (unpaired) electrons. The minimum absolute atomic E-state index is 0.0140. The smallest absolute Gasteiger partial charge is 0.388 e. The Labute approximate surface area is 113 Å². The normalized spacial score (nSPS) is 29.2. The van der Waals surface area contributed by atoms with Gasteiger partial charge in [-0.15, -0.1) is 0 Å². The summed E-state index contributed by atoms with van der Waals surface area (Å²) in [5, 5.41) is 9.73. The highest BCUT2D eigenvalue weighted by Gasteiger charge is 2.40. The van der Waals surface area contributed by atoms with Gasteiger partial charge in [0.2, 0.25) is 0 Å². The topological polar surface area (TPSA) is 146 Å². The average Bonchev–Trinajstić information content (AvgIpc) is 2.70. The predicted octanol–water partition coefficient (Wildman–Crippen LogP) is -0.805. The molecular formula is C9H14N3O7P. The molecule has 1 aromatic heterocycles. The minimum atomic E-state index is -4.31. The van der Waals surface area contributed by atoms with E-state index in [-0.39, 0.29) is 12.2 Å². The summed E-state index contributed by atoms with van der Waals surface area (Å²) < 4.78 is 26.4. The van der Waals surface area contributed by atoms with Crippen molar-refractivity contribution in [2.24, 2.45) is 0 Å². The van der Waals surface area contributed by atoms with Gasteiger partial charge in [0.05, 0.1) is 0 Å². The number of nitrogens with zero attached hydrogens (tertiary/aromatic N) is 2. The fourth-order valence-corrected chi connectivity index (χ4v) is 2.25. The zero-order chi connectivity index (χ0) is 14.9. The molecule has 1 saturated heterocycles. The molecule has 0 bridgehead atoms. The number of hydrogen-bond acceptors (Lipinski definition) is 8. The molecule has 0 amide bonds. The van der Waals surface area contributed by atoms with Crippen LogP contribution in [0.4, 0.5) is 5.82 Å². The van der Waals surface area contributed by atoms with Crippen molar-refractivity contribution in [3.63, 3.8) is 0 Å². The third-order valence-corrected chi connectivity index (χ3v) is 3.61. The van der Waals surface area contributed by atoms with Crippen LogP contribution in [-0.2, 0) is 18.3 Å². The fourth-order valence-electron chi connectivity index (χ4n) is 1.71. The zero-order valence-corrected chi connectivity index (χ0v) is 11.3. The highest BCUT2D eigenvalue weighted by molar-refractivity contribution is 7.47. The summed E-state index contributed by atoms with van der Waals surface area (Å²) in [6, 6.07) is 1.39. The van der Waals surface area contributed by atoms with Crippen LogP contribution < -0.4 is 11.4 Å². The highest BCUT2D eigenvalue weighted by atomic mass is 31.2. The monoisotopic (exact) mass is 307 g/mol. The van der Waals surface area contributed by atoms with E-state index in [0.717, 1.165) is 11.7 Å². The number of aliphatic hydroxyl groups excluding tert-OH is 1. The van der Waals surface area contributed by atoms with Crippen molar-refractivity contribution in [3.05, 3.63) is 22.7 Å². The first kappa shape index (κ1) is 15.1. The minimum Gasteiger partial charge on any atom is -0.388 e. The first-order valence-corrected chi connectivity index (χ1v) is 7.07. The van der Waals surface area contributed by atoms with Crippen LogP contribution in [-0.4, -0.2) is 39.1 Å². The van der Waals surface area contributed by atoms with Gasteiger partial charge in [-0.3, -0.25) is 13.6 Å². The summed E-state index contributed by atoms with van der Waals surface area (Å²) >= 11 is 0. The van der Waals surface area contributed by atoms with Gasteiger partial charge in [-0.25, -0.2) is 9.36 Å². The van der Waals surface area contributed by atoms with Crippen molar-refractivity contribution < 1.29 is 28.3 Å². The number of rotatable bonds is 4. The van der Waals surface area contributed by atoms with Gasteiger partial charge in [-0.2, -0.15) is 4.98 Å². The van der Waals surface area contributed by atoms with Crippen molar-refractivity contribution in [1.82, 2.24) is 9.55 Å². The van der Waals surface area contributed by atoms with Crippen molar-refractivity contribution in [2.45, 2.75) is 25.0 Å². The highest BCUT2D eigenvalue weighted by Crippen LogP contribution is 2.46. The molecular weight excluding hydrogens is 293 g/mol. The average molecular weight is 307 g/mol. The summed E-state index contributed by atoms with van der Waals surface area (Å²) in [5.41, 5.74) is 4.69. The Kier molecular flexibility index (Phi) is 4.23. The third-order valence-electron chi connectivity index (χ3n) is 2.68. The van der Waals surface area contributed by atoms with Gasteiger partial charge in [-0.05, 0) is 6.07 Å². The summed E-state index contributed by atoms with van der Waals surface area (Å²) in [7, 11) is -3.33. The number of aromatic nitrogens is 2. The molecule has 112 valence electrons. The molecule has 20 heavy (non-hydrogen) atoms. The molecule has 1 aliphatic rings. The number of nitrogens with two attached hydrogens (primary N) is 1. The van der Waals surface area contributed by atoms with Crippen LogP contribution in [0, 0.1) is 0 Å². The van der Waals surface area contributed by atoms with Crippen LogP contribution in [0.25, 0.3) is 0 Å². The molecule has 3 unspecified atom stereocenters. The summed E-state index contributed by atoms with van der Waals surface area (Å²) in [5.74, 6) is 0.0526. The molecule has 0 saturated carbocycles. The van der Waals surface area contributed by atoms with E-state index in [1.807, 2.05) is 0 Å². The molecule has 2 heterocycles. The van der Waals surface area contributed by atoms with Crippen molar-refractivity contribution in [1.29, 1.82) is 0 Å². The summed E-state index contributed by atoms with van der Waals surface area (Å²) in [6.45, 7) is 0. The van der Waals surface area contributed by atoms with Gasteiger partial charge in [0.15, 0.2) is 6.29 Å². The van der Waals surface area contributed by atoms with Gasteiger partial charge in [0.25, 0.3) is 0 Å². The number of aliphatic hydroxyl groups is 1. The number of anilines is 1. The lowest BCUT2D eigenvalue weighted by molar-refractivity contribution is -0.136. The lowest BCUT2D eigenvalue weighted by Crippen LogP contribution is -2.27. The number of phosphoric ester groups is 1. The lowest BCUT2D eigenvalue weighted by Gasteiger charge is -2.18. The molecule has 1 aromatic rings. The van der Waals surface area contributed by atoms with Gasteiger partial charge in [0, 0.05) is 19.7 Å². The second-order valence-electron chi connectivity index (χ2n) is 4.06. The van der Waals surface area contributed by atoms with E-state index < -0.39 is 32.1 Å². The number of ether oxygens (including phenoxy) is 1. The van der Waals surface area contributed by atoms with E-state index in [1.54, 1.807) is 0 Å². The van der Waals surface area contributed by atoms with Crippen LogP contribution in [0.1, 0.15) is 12.6 Å². The largest absolute Gasteiger partial charge is 0.474 e. The Bertz CT molecular complexity index is 591. The SMILES string of the molecule is COP(=O)(O)O[C@H]1OC(n2ccc(N)nc2=O)CC1O. The molecule has 0 aliphatic carbocycles. The second kappa shape index (κ2) is 5.60. The standard InChI is InChI=1S/C9H14N3O7P/c1-17-20(15,16)19-8-5(13)4-7(18-8)12-3-2-6(10)11-9(12)14/h2-3,5,7-8,13H,4H2,1H3,(H,15,16)(H2,10,11,14)/t5?,7?,8-/m1/s1. The molecule has 11 heteroatoms. The van der Waals surface area contributed by atoms with E-state index in [9.17, 15) is 19.4 Å². The van der Waals surface area contributed by atoms with E-state index in [1.165, 1.54) is 12.3 Å². The maximum Gasteiger partial charge on any atom is 0.474 e. The Morgan fingerprint density at radius 3 is 2.95 bits per heavy atom. The van der Waals surface area contributed by atoms with Crippen LogP contribution in [0.3, 0.4) is 0 Å². The first-order valence-electron chi connectivity index (χ1n) is 5.57.